The summed E-state index contributed by atoms with van der Waals surface area (Å²) in [5.41, 5.74) is 6.94. The maximum atomic E-state index is 13.3. The third-order valence-corrected chi connectivity index (χ3v) is 3.47. The third kappa shape index (κ3) is 3.98. The van der Waals surface area contributed by atoms with E-state index in [2.05, 4.69) is 25.7 Å². The Morgan fingerprint density at radius 2 is 2.06 bits per heavy atom. The lowest BCUT2D eigenvalue weighted by Crippen LogP contribution is -2.40. The van der Waals surface area contributed by atoms with E-state index >= 15 is 0 Å². The van der Waals surface area contributed by atoms with Crippen LogP contribution in [-0.2, 0) is 0 Å². The molecule has 1 atom stereocenters. The number of halogens is 1. The number of nitrogens with zero attached hydrogens (tertiary/aromatic N) is 1. The third-order valence-electron chi connectivity index (χ3n) is 3.47. The minimum atomic E-state index is -0.184. The average molecular weight is 252 g/mol. The molecule has 102 valence electrons. The van der Waals surface area contributed by atoms with Gasteiger partial charge in [-0.2, -0.15) is 0 Å². The van der Waals surface area contributed by atoms with Crippen molar-refractivity contribution in [2.24, 2.45) is 11.1 Å². The zero-order valence-corrected chi connectivity index (χ0v) is 11.7. The van der Waals surface area contributed by atoms with E-state index in [1.54, 1.807) is 12.1 Å². The van der Waals surface area contributed by atoms with E-state index in [4.69, 9.17) is 5.73 Å². The van der Waals surface area contributed by atoms with Crippen molar-refractivity contribution in [3.05, 3.63) is 30.1 Å². The van der Waals surface area contributed by atoms with Crippen LogP contribution in [0, 0.1) is 11.2 Å². The number of nitrogens with two attached hydrogens (primary N) is 1. The lowest BCUT2D eigenvalue weighted by Gasteiger charge is -2.35. The van der Waals surface area contributed by atoms with Crippen LogP contribution in [0.3, 0.4) is 0 Å². The van der Waals surface area contributed by atoms with Crippen LogP contribution in [-0.4, -0.2) is 19.6 Å². The highest BCUT2D eigenvalue weighted by atomic mass is 19.1. The number of benzene rings is 1. The molecular formula is C15H25FN2. The van der Waals surface area contributed by atoms with E-state index in [-0.39, 0.29) is 11.2 Å². The van der Waals surface area contributed by atoms with Crippen LogP contribution in [0.4, 0.5) is 10.1 Å². The Balaban J connectivity index is 2.84. The van der Waals surface area contributed by atoms with Crippen LogP contribution in [0.2, 0.25) is 0 Å². The molecule has 0 saturated carbocycles. The monoisotopic (exact) mass is 252 g/mol. The van der Waals surface area contributed by atoms with Gasteiger partial charge in [-0.15, -0.1) is 0 Å². The zero-order chi connectivity index (χ0) is 13.6. The fraction of sp³-hybridized carbons (Fsp3) is 0.600. The van der Waals surface area contributed by atoms with Crippen molar-refractivity contribution < 1.29 is 4.39 Å². The molecule has 0 aliphatic carbocycles. The van der Waals surface area contributed by atoms with Gasteiger partial charge in [0.15, 0.2) is 0 Å². The average Bonchev–Trinajstić information content (AvgIpc) is 2.36. The Kier molecular flexibility index (Phi) is 5.60. The molecule has 2 nitrogen and oxygen atoms in total. The first-order valence-electron chi connectivity index (χ1n) is 6.75. The molecule has 0 aliphatic rings. The highest BCUT2D eigenvalue weighted by Gasteiger charge is 2.24. The maximum absolute atomic E-state index is 13.3. The molecular weight excluding hydrogens is 227 g/mol. The lowest BCUT2D eigenvalue weighted by molar-refractivity contribution is 0.308. The van der Waals surface area contributed by atoms with Gasteiger partial charge in [0.25, 0.3) is 0 Å². The predicted molar refractivity (Wildman–Crippen MR) is 76.4 cm³/mol. The zero-order valence-electron chi connectivity index (χ0n) is 11.7. The summed E-state index contributed by atoms with van der Waals surface area (Å²) in [6.45, 7) is 8.87. The van der Waals surface area contributed by atoms with Crippen LogP contribution in [0.5, 0.6) is 0 Å². The van der Waals surface area contributed by atoms with E-state index in [1.807, 2.05) is 6.07 Å². The molecule has 0 aliphatic heterocycles. The number of rotatable bonds is 7. The normalized spacial score (nSPS) is 14.3. The number of hydrogen-bond donors (Lipinski definition) is 1. The summed E-state index contributed by atoms with van der Waals surface area (Å²) in [7, 11) is 0. The predicted octanol–water partition coefficient (Wildman–Crippen LogP) is 3.42. The van der Waals surface area contributed by atoms with Crippen molar-refractivity contribution in [1.29, 1.82) is 0 Å². The van der Waals surface area contributed by atoms with Crippen molar-refractivity contribution in [2.75, 3.05) is 24.5 Å². The second kappa shape index (κ2) is 6.74. The van der Waals surface area contributed by atoms with E-state index < -0.39 is 0 Å². The van der Waals surface area contributed by atoms with E-state index in [0.717, 1.165) is 31.6 Å². The van der Waals surface area contributed by atoms with Crippen LogP contribution >= 0.6 is 0 Å². The second-order valence-electron chi connectivity index (χ2n) is 5.26. The first-order chi connectivity index (χ1) is 8.54. The molecule has 1 rings (SSSR count). The Morgan fingerprint density at radius 3 is 2.56 bits per heavy atom. The lowest BCUT2D eigenvalue weighted by atomic mass is 9.85. The summed E-state index contributed by atoms with van der Waals surface area (Å²) in [6, 6.07) is 6.78. The van der Waals surface area contributed by atoms with Gasteiger partial charge in [-0.3, -0.25) is 0 Å². The molecule has 0 heterocycles. The van der Waals surface area contributed by atoms with Gasteiger partial charge in [-0.25, -0.2) is 4.39 Å². The van der Waals surface area contributed by atoms with Crippen LogP contribution in [0.25, 0.3) is 0 Å². The van der Waals surface area contributed by atoms with Gasteiger partial charge in [0.1, 0.15) is 5.82 Å². The quantitative estimate of drug-likeness (QED) is 0.805. The van der Waals surface area contributed by atoms with Gasteiger partial charge in [-0.05, 0) is 43.5 Å². The van der Waals surface area contributed by atoms with Crippen molar-refractivity contribution in [3.8, 4) is 0 Å². The molecule has 1 unspecified atom stereocenters. The van der Waals surface area contributed by atoms with E-state index in [0.29, 0.717) is 6.54 Å². The molecule has 3 heteroatoms. The van der Waals surface area contributed by atoms with Gasteiger partial charge in [0.2, 0.25) is 0 Å². The van der Waals surface area contributed by atoms with Crippen molar-refractivity contribution in [2.45, 2.75) is 33.6 Å². The molecule has 0 radical (unpaired) electrons. The van der Waals surface area contributed by atoms with Crippen LogP contribution in [0.1, 0.15) is 33.6 Å². The number of anilines is 1. The highest BCUT2D eigenvalue weighted by molar-refractivity contribution is 5.46. The van der Waals surface area contributed by atoms with E-state index in [1.165, 1.54) is 6.07 Å². The summed E-state index contributed by atoms with van der Waals surface area (Å²) in [5.74, 6) is -0.184. The fourth-order valence-corrected chi connectivity index (χ4v) is 2.37. The highest BCUT2D eigenvalue weighted by Crippen LogP contribution is 2.26. The van der Waals surface area contributed by atoms with Gasteiger partial charge in [0.05, 0.1) is 0 Å². The molecule has 0 aromatic heterocycles. The second-order valence-corrected chi connectivity index (χ2v) is 5.26. The molecule has 0 bridgehead atoms. The standard InChI is InChI=1S/C15H25FN2/c1-4-9-15(3,11-17)12-18(5-2)14-8-6-7-13(16)10-14/h6-8,10H,4-5,9,11-12,17H2,1-3H3. The molecule has 18 heavy (non-hydrogen) atoms. The van der Waals surface area contributed by atoms with Gasteiger partial charge < -0.3 is 10.6 Å². The SMILES string of the molecule is CCCC(C)(CN)CN(CC)c1cccc(F)c1. The Bertz CT molecular complexity index is 367. The Labute approximate surface area is 110 Å². The van der Waals surface area contributed by atoms with Crippen LogP contribution in [0.15, 0.2) is 24.3 Å². The number of hydrogen-bond acceptors (Lipinski definition) is 2. The fourth-order valence-electron chi connectivity index (χ4n) is 2.37. The van der Waals surface area contributed by atoms with Crippen molar-refractivity contribution in [3.63, 3.8) is 0 Å². The summed E-state index contributed by atoms with van der Waals surface area (Å²) in [6.07, 6.45) is 2.21. The molecule has 1 aromatic rings. The largest absolute Gasteiger partial charge is 0.371 e. The van der Waals surface area contributed by atoms with Gasteiger partial charge in [0, 0.05) is 18.8 Å². The van der Waals surface area contributed by atoms with Gasteiger partial charge in [-0.1, -0.05) is 26.3 Å². The van der Waals surface area contributed by atoms with Crippen molar-refractivity contribution >= 4 is 5.69 Å². The molecule has 0 amide bonds. The van der Waals surface area contributed by atoms with Crippen molar-refractivity contribution in [1.82, 2.24) is 0 Å². The molecule has 0 fully saturated rings. The summed E-state index contributed by atoms with van der Waals surface area (Å²) < 4.78 is 13.3. The first-order valence-corrected chi connectivity index (χ1v) is 6.75. The smallest absolute Gasteiger partial charge is 0.125 e. The topological polar surface area (TPSA) is 29.3 Å². The van der Waals surface area contributed by atoms with Gasteiger partial charge >= 0.3 is 0 Å². The molecule has 2 N–H and O–H groups in total. The Hall–Kier alpha value is -1.09. The maximum Gasteiger partial charge on any atom is 0.125 e. The Morgan fingerprint density at radius 1 is 1.33 bits per heavy atom. The van der Waals surface area contributed by atoms with Crippen LogP contribution < -0.4 is 10.6 Å². The summed E-state index contributed by atoms with van der Waals surface area (Å²) >= 11 is 0. The minimum absolute atomic E-state index is 0.0943. The summed E-state index contributed by atoms with van der Waals surface area (Å²) in [5, 5.41) is 0. The van der Waals surface area contributed by atoms with E-state index in [9.17, 15) is 4.39 Å². The molecule has 0 spiro atoms. The summed E-state index contributed by atoms with van der Waals surface area (Å²) in [4.78, 5) is 2.20. The molecule has 1 aromatic carbocycles. The minimum Gasteiger partial charge on any atom is -0.371 e. The molecule has 0 saturated heterocycles. The first kappa shape index (κ1) is 15.0.